The average molecular weight is 372 g/mol. The van der Waals surface area contributed by atoms with E-state index in [9.17, 15) is 14.0 Å². The van der Waals surface area contributed by atoms with Crippen LogP contribution < -0.4 is 10.2 Å². The maximum absolute atomic E-state index is 12.9. The van der Waals surface area contributed by atoms with E-state index in [1.54, 1.807) is 18.5 Å². The summed E-state index contributed by atoms with van der Waals surface area (Å²) in [6, 6.07) is 8.42. The van der Waals surface area contributed by atoms with E-state index in [2.05, 4.69) is 9.97 Å². The highest BCUT2D eigenvalue weighted by atomic mass is 32.2. The Morgan fingerprint density at radius 2 is 1.92 bits per heavy atom. The number of rotatable bonds is 6. The van der Waals surface area contributed by atoms with Crippen molar-refractivity contribution < 1.29 is 18.3 Å². The van der Waals surface area contributed by atoms with Crippen LogP contribution in [0.4, 0.5) is 4.39 Å². The first-order valence-electron chi connectivity index (χ1n) is 7.57. The van der Waals surface area contributed by atoms with Crippen molar-refractivity contribution in [2.45, 2.75) is 17.3 Å². The predicted molar refractivity (Wildman–Crippen MR) is 92.3 cm³/mol. The van der Waals surface area contributed by atoms with Gasteiger partial charge in [0.1, 0.15) is 17.8 Å². The fourth-order valence-electron chi connectivity index (χ4n) is 2.01. The third-order valence-corrected chi connectivity index (χ3v) is 4.12. The third kappa shape index (κ3) is 5.00. The Bertz CT molecular complexity index is 945. The van der Waals surface area contributed by atoms with Crippen molar-refractivity contribution in [3.05, 3.63) is 82.4 Å². The molecule has 0 fully saturated rings. The van der Waals surface area contributed by atoms with Gasteiger partial charge in [0.25, 0.3) is 0 Å². The highest BCUT2D eigenvalue weighted by molar-refractivity contribution is 7.98. The lowest BCUT2D eigenvalue weighted by molar-refractivity contribution is -0.133. The van der Waals surface area contributed by atoms with Crippen LogP contribution in [0.3, 0.4) is 0 Å². The van der Waals surface area contributed by atoms with E-state index in [0.717, 1.165) is 6.26 Å². The van der Waals surface area contributed by atoms with Crippen molar-refractivity contribution in [2.24, 2.45) is 0 Å². The summed E-state index contributed by atoms with van der Waals surface area (Å²) >= 11 is 1.31. The minimum atomic E-state index is -0.635. The maximum Gasteiger partial charge on any atom is 0.315 e. The van der Waals surface area contributed by atoms with Gasteiger partial charge < -0.3 is 9.15 Å². The highest BCUT2D eigenvalue weighted by Gasteiger charge is 2.12. The molecule has 0 N–H and O–H groups in total. The minimum absolute atomic E-state index is 0.0807. The molecule has 8 heteroatoms. The van der Waals surface area contributed by atoms with Gasteiger partial charge in [0.2, 0.25) is 11.2 Å². The van der Waals surface area contributed by atoms with Crippen LogP contribution in [-0.4, -0.2) is 15.9 Å². The minimum Gasteiger partial charge on any atom is -0.464 e. The molecule has 26 heavy (non-hydrogen) atoms. The fraction of sp³-hybridized carbons (Fsp3) is 0.111. The highest BCUT2D eigenvalue weighted by Crippen LogP contribution is 2.18. The van der Waals surface area contributed by atoms with Gasteiger partial charge in [-0.1, -0.05) is 23.9 Å². The van der Waals surface area contributed by atoms with Gasteiger partial charge in [-0.15, -0.1) is 0 Å². The lowest BCUT2D eigenvalue weighted by Gasteiger charge is -2.05. The molecule has 3 aromatic rings. The summed E-state index contributed by atoms with van der Waals surface area (Å²) in [7, 11) is 0. The van der Waals surface area contributed by atoms with Crippen molar-refractivity contribution in [2.75, 3.05) is 0 Å². The molecule has 3 rings (SSSR count). The largest absolute Gasteiger partial charge is 0.464 e. The summed E-state index contributed by atoms with van der Waals surface area (Å²) in [5, 5.41) is 0.560. The molecule has 132 valence electrons. The first kappa shape index (κ1) is 17.8. The van der Waals surface area contributed by atoms with Gasteiger partial charge in [0.15, 0.2) is 5.16 Å². The Labute approximate surface area is 152 Å². The van der Waals surface area contributed by atoms with Crippen molar-refractivity contribution in [1.29, 1.82) is 0 Å². The SMILES string of the molecule is O=C(Cc1ccc(F)cc1)Oc1coc(CSc2ncccn2)cc1=O. The quantitative estimate of drug-likeness (QED) is 0.374. The van der Waals surface area contributed by atoms with E-state index in [-0.39, 0.29) is 12.2 Å². The molecule has 0 aliphatic heterocycles. The number of carbonyl (C=O) groups is 1. The van der Waals surface area contributed by atoms with E-state index in [1.807, 2.05) is 0 Å². The normalized spacial score (nSPS) is 10.5. The van der Waals surface area contributed by atoms with Gasteiger partial charge in [0.05, 0.1) is 12.2 Å². The van der Waals surface area contributed by atoms with Gasteiger partial charge in [-0.2, -0.15) is 0 Å². The first-order valence-corrected chi connectivity index (χ1v) is 8.55. The molecule has 0 atom stereocenters. The van der Waals surface area contributed by atoms with E-state index in [1.165, 1.54) is 42.1 Å². The molecule has 0 amide bonds. The standard InChI is InChI=1S/C18H13FN2O4S/c19-13-4-2-12(3-5-13)8-17(23)25-16-10-24-14(9-15(16)22)11-26-18-20-6-1-7-21-18/h1-7,9-10H,8,11H2. The molecule has 0 aliphatic rings. The summed E-state index contributed by atoms with van der Waals surface area (Å²) in [6.45, 7) is 0. The van der Waals surface area contributed by atoms with Crippen LogP contribution in [0.5, 0.6) is 5.75 Å². The number of aromatic nitrogens is 2. The molecule has 6 nitrogen and oxygen atoms in total. The smallest absolute Gasteiger partial charge is 0.315 e. The molecule has 2 heterocycles. The first-order chi connectivity index (χ1) is 12.6. The van der Waals surface area contributed by atoms with E-state index in [0.29, 0.717) is 22.2 Å². The zero-order chi connectivity index (χ0) is 18.4. The molecule has 1 aromatic carbocycles. The zero-order valence-electron chi connectivity index (χ0n) is 13.4. The molecule has 2 aromatic heterocycles. The predicted octanol–water partition coefficient (Wildman–Crippen LogP) is 3.01. The second-order valence-electron chi connectivity index (χ2n) is 5.17. The lowest BCUT2D eigenvalue weighted by Crippen LogP contribution is -2.16. The Kier molecular flexibility index (Phi) is 5.75. The van der Waals surface area contributed by atoms with E-state index < -0.39 is 17.2 Å². The molecular weight excluding hydrogens is 359 g/mol. The molecule has 0 aliphatic carbocycles. The summed E-state index contributed by atoms with van der Waals surface area (Å²) < 4.78 is 23.2. The molecule has 0 radical (unpaired) electrons. The number of ether oxygens (including phenoxy) is 1. The monoisotopic (exact) mass is 372 g/mol. The van der Waals surface area contributed by atoms with Crippen LogP contribution in [0.25, 0.3) is 0 Å². The fourth-order valence-corrected chi connectivity index (χ4v) is 2.71. The van der Waals surface area contributed by atoms with Crippen molar-refractivity contribution in [1.82, 2.24) is 9.97 Å². The number of nitrogens with zero attached hydrogens (tertiary/aromatic N) is 2. The van der Waals surface area contributed by atoms with Crippen molar-refractivity contribution in [3.63, 3.8) is 0 Å². The molecule has 0 bridgehead atoms. The van der Waals surface area contributed by atoms with Gasteiger partial charge in [-0.25, -0.2) is 14.4 Å². The summed E-state index contributed by atoms with van der Waals surface area (Å²) in [6.07, 6.45) is 4.26. The number of halogens is 1. The van der Waals surface area contributed by atoms with Crippen LogP contribution in [0, 0.1) is 5.82 Å². The zero-order valence-corrected chi connectivity index (χ0v) is 14.2. The number of hydrogen-bond donors (Lipinski definition) is 0. The number of hydrogen-bond acceptors (Lipinski definition) is 7. The second-order valence-corrected chi connectivity index (χ2v) is 6.11. The van der Waals surface area contributed by atoms with Crippen LogP contribution in [0.15, 0.2) is 69.4 Å². The Morgan fingerprint density at radius 1 is 1.19 bits per heavy atom. The van der Waals surface area contributed by atoms with Gasteiger partial charge in [-0.05, 0) is 23.8 Å². The van der Waals surface area contributed by atoms with Crippen molar-refractivity contribution in [3.8, 4) is 5.75 Å². The molecule has 0 saturated carbocycles. The molecule has 0 spiro atoms. The summed E-state index contributed by atoms with van der Waals surface area (Å²) in [5.41, 5.74) is 0.116. The van der Waals surface area contributed by atoms with Crippen LogP contribution in [-0.2, 0) is 17.0 Å². The maximum atomic E-state index is 12.9. The lowest BCUT2D eigenvalue weighted by atomic mass is 10.1. The number of thioether (sulfide) groups is 1. The summed E-state index contributed by atoms with van der Waals surface area (Å²) in [4.78, 5) is 32.1. The van der Waals surface area contributed by atoms with E-state index in [4.69, 9.17) is 9.15 Å². The van der Waals surface area contributed by atoms with Crippen molar-refractivity contribution >= 4 is 17.7 Å². The van der Waals surface area contributed by atoms with Crippen LogP contribution >= 0.6 is 11.8 Å². The second kappa shape index (κ2) is 8.39. The Morgan fingerprint density at radius 3 is 2.62 bits per heavy atom. The Balaban J connectivity index is 1.59. The summed E-state index contributed by atoms with van der Waals surface area (Å²) in [5.74, 6) is -0.447. The topological polar surface area (TPSA) is 82.3 Å². The Hall–Kier alpha value is -3.00. The number of benzene rings is 1. The van der Waals surface area contributed by atoms with Gasteiger partial charge in [-0.3, -0.25) is 9.59 Å². The van der Waals surface area contributed by atoms with Gasteiger partial charge in [0, 0.05) is 18.5 Å². The molecule has 0 unspecified atom stereocenters. The average Bonchev–Trinajstić information content (AvgIpc) is 2.65. The van der Waals surface area contributed by atoms with Crippen LogP contribution in [0.2, 0.25) is 0 Å². The third-order valence-electron chi connectivity index (χ3n) is 3.22. The molecule has 0 saturated heterocycles. The number of carbonyl (C=O) groups excluding carboxylic acids is 1. The van der Waals surface area contributed by atoms with Crippen LogP contribution in [0.1, 0.15) is 11.3 Å². The van der Waals surface area contributed by atoms with E-state index >= 15 is 0 Å². The number of esters is 1. The molecular formula is C18H13FN2O4S. The van der Waals surface area contributed by atoms with Gasteiger partial charge >= 0.3 is 5.97 Å².